The zero-order valence-electron chi connectivity index (χ0n) is 16.2. The van der Waals surface area contributed by atoms with E-state index >= 15 is 0 Å². The summed E-state index contributed by atoms with van der Waals surface area (Å²) in [4.78, 5) is 6.15. The van der Waals surface area contributed by atoms with E-state index < -0.39 is 0 Å². The molecule has 0 spiro atoms. The van der Waals surface area contributed by atoms with Gasteiger partial charge in [-0.05, 0) is 93.9 Å². The third-order valence-electron chi connectivity index (χ3n) is 6.09. The molecular weight excluding hydrogens is 352 g/mol. The summed E-state index contributed by atoms with van der Waals surface area (Å²) in [6.45, 7) is 5.88. The Bertz CT molecular complexity index is 876. The minimum Gasteiger partial charge on any atom is -0.358 e. The van der Waals surface area contributed by atoms with Crippen LogP contribution in [0.5, 0.6) is 0 Å². The number of hydrogen-bond donors (Lipinski definition) is 1. The molecule has 0 radical (unpaired) electrons. The first-order valence-electron chi connectivity index (χ1n) is 10.2. The lowest BCUT2D eigenvalue weighted by Crippen LogP contribution is -2.33. The maximum Gasteiger partial charge on any atom is 0.0459 e. The molecule has 3 heteroatoms. The number of benzene rings is 2. The van der Waals surface area contributed by atoms with Crippen LogP contribution < -0.4 is 0 Å². The van der Waals surface area contributed by atoms with E-state index in [0.29, 0.717) is 0 Å². The molecule has 0 bridgehead atoms. The number of likely N-dealkylation sites (tertiary alicyclic amines) is 1. The molecule has 0 amide bonds. The van der Waals surface area contributed by atoms with Gasteiger partial charge in [-0.25, -0.2) is 0 Å². The van der Waals surface area contributed by atoms with Gasteiger partial charge in [-0.1, -0.05) is 41.9 Å². The van der Waals surface area contributed by atoms with Crippen LogP contribution in [0.25, 0.3) is 10.9 Å². The molecule has 2 heterocycles. The Balaban J connectivity index is 1.25. The number of aromatic nitrogens is 1. The first kappa shape index (κ1) is 18.6. The van der Waals surface area contributed by atoms with Crippen molar-refractivity contribution in [3.8, 4) is 0 Å². The molecule has 1 aliphatic rings. The van der Waals surface area contributed by atoms with Gasteiger partial charge in [0, 0.05) is 21.6 Å². The molecule has 142 valence electrons. The number of unbranched alkanes of at least 4 members (excludes halogenated alkanes) is 1. The normalized spacial score (nSPS) is 16.2. The lowest BCUT2D eigenvalue weighted by Gasteiger charge is -2.32. The van der Waals surface area contributed by atoms with Gasteiger partial charge in [0.2, 0.25) is 0 Å². The Morgan fingerprint density at radius 1 is 1.04 bits per heavy atom. The average molecular weight is 381 g/mol. The molecule has 0 aliphatic carbocycles. The largest absolute Gasteiger partial charge is 0.358 e. The molecule has 2 nitrogen and oxygen atoms in total. The van der Waals surface area contributed by atoms with E-state index in [4.69, 9.17) is 11.6 Å². The van der Waals surface area contributed by atoms with Crippen LogP contribution in [0.1, 0.15) is 48.4 Å². The monoisotopic (exact) mass is 380 g/mol. The van der Waals surface area contributed by atoms with E-state index in [1.807, 2.05) is 6.07 Å². The molecule has 0 unspecified atom stereocenters. The summed E-state index contributed by atoms with van der Waals surface area (Å²) in [5, 5.41) is 2.12. The predicted octanol–water partition coefficient (Wildman–Crippen LogP) is 6.33. The number of aromatic amines is 1. The fraction of sp³-hybridized carbons (Fsp3) is 0.417. The van der Waals surface area contributed by atoms with Crippen LogP contribution in [0.3, 0.4) is 0 Å². The van der Waals surface area contributed by atoms with Crippen molar-refractivity contribution >= 4 is 22.5 Å². The van der Waals surface area contributed by atoms with Gasteiger partial charge in [-0.2, -0.15) is 0 Å². The van der Waals surface area contributed by atoms with Crippen molar-refractivity contribution in [2.75, 3.05) is 19.6 Å². The minimum atomic E-state index is 0.751. The number of H-pyrrole nitrogens is 1. The van der Waals surface area contributed by atoms with Gasteiger partial charge in [-0.15, -0.1) is 0 Å². The summed E-state index contributed by atoms with van der Waals surface area (Å²) in [7, 11) is 0. The van der Waals surface area contributed by atoms with E-state index in [9.17, 15) is 0 Å². The Labute approximate surface area is 167 Å². The first-order valence-corrected chi connectivity index (χ1v) is 10.6. The molecule has 2 aromatic carbocycles. The van der Waals surface area contributed by atoms with E-state index in [1.54, 1.807) is 0 Å². The molecule has 3 aromatic rings. The van der Waals surface area contributed by atoms with Gasteiger partial charge in [-0.3, -0.25) is 0 Å². The van der Waals surface area contributed by atoms with Gasteiger partial charge in [0.25, 0.3) is 0 Å². The van der Waals surface area contributed by atoms with Crippen LogP contribution in [-0.2, 0) is 6.42 Å². The highest BCUT2D eigenvalue weighted by Crippen LogP contribution is 2.29. The number of hydrogen-bond acceptors (Lipinski definition) is 1. The van der Waals surface area contributed by atoms with Crippen molar-refractivity contribution < 1.29 is 0 Å². The second kappa shape index (κ2) is 8.50. The second-order valence-electron chi connectivity index (χ2n) is 7.90. The fourth-order valence-corrected chi connectivity index (χ4v) is 4.70. The summed E-state index contributed by atoms with van der Waals surface area (Å²) < 4.78 is 0. The zero-order chi connectivity index (χ0) is 18.6. The maximum atomic E-state index is 6.20. The average Bonchev–Trinajstić information content (AvgIpc) is 3.01. The van der Waals surface area contributed by atoms with Gasteiger partial charge in [0.1, 0.15) is 0 Å². The highest BCUT2D eigenvalue weighted by Gasteiger charge is 2.20. The van der Waals surface area contributed by atoms with Crippen LogP contribution in [0.15, 0.2) is 48.5 Å². The number of aryl methyl sites for hydroxylation is 2. The van der Waals surface area contributed by atoms with Gasteiger partial charge in [0.05, 0.1) is 0 Å². The number of nitrogens with zero attached hydrogens (tertiary/aromatic N) is 1. The van der Waals surface area contributed by atoms with Crippen molar-refractivity contribution in [1.29, 1.82) is 0 Å². The standard InChI is InChI=1S/C24H29ClN2/c1-18-22(23-17-21(25)10-11-24(23)26-18)9-5-6-14-27-15-12-20(13-16-27)19-7-3-2-4-8-19/h2-4,7-8,10-11,17,20,26H,5-6,9,12-16H2,1H3. The molecule has 0 atom stereocenters. The Morgan fingerprint density at radius 3 is 2.59 bits per heavy atom. The van der Waals surface area contributed by atoms with Crippen LogP contribution in [0.4, 0.5) is 0 Å². The number of nitrogens with one attached hydrogen (secondary N) is 1. The van der Waals surface area contributed by atoms with Crippen molar-refractivity contribution in [3.63, 3.8) is 0 Å². The summed E-state index contributed by atoms with van der Waals surface area (Å²) in [5.41, 5.74) is 5.45. The molecule has 1 fully saturated rings. The van der Waals surface area contributed by atoms with E-state index in [0.717, 1.165) is 17.4 Å². The number of piperidine rings is 1. The topological polar surface area (TPSA) is 19.0 Å². The van der Waals surface area contributed by atoms with Crippen molar-refractivity contribution in [1.82, 2.24) is 9.88 Å². The molecule has 27 heavy (non-hydrogen) atoms. The highest BCUT2D eigenvalue weighted by molar-refractivity contribution is 6.31. The van der Waals surface area contributed by atoms with Crippen LogP contribution in [0.2, 0.25) is 5.02 Å². The fourth-order valence-electron chi connectivity index (χ4n) is 4.53. The quantitative estimate of drug-likeness (QED) is 0.495. The van der Waals surface area contributed by atoms with E-state index in [-0.39, 0.29) is 0 Å². The summed E-state index contributed by atoms with van der Waals surface area (Å²) in [6.07, 6.45) is 6.22. The van der Waals surface area contributed by atoms with E-state index in [2.05, 4.69) is 59.3 Å². The van der Waals surface area contributed by atoms with Crippen LogP contribution >= 0.6 is 11.6 Å². The Kier molecular flexibility index (Phi) is 5.85. The third kappa shape index (κ3) is 4.39. The smallest absolute Gasteiger partial charge is 0.0459 e. The summed E-state index contributed by atoms with van der Waals surface area (Å²) >= 11 is 6.20. The summed E-state index contributed by atoms with van der Waals surface area (Å²) in [6, 6.07) is 17.2. The Morgan fingerprint density at radius 2 is 1.81 bits per heavy atom. The third-order valence-corrected chi connectivity index (χ3v) is 6.33. The van der Waals surface area contributed by atoms with Gasteiger partial charge >= 0.3 is 0 Å². The SMILES string of the molecule is Cc1[nH]c2ccc(Cl)cc2c1CCCCN1CCC(c2ccccc2)CC1. The maximum absolute atomic E-state index is 6.20. The predicted molar refractivity (Wildman–Crippen MR) is 116 cm³/mol. The summed E-state index contributed by atoms with van der Waals surface area (Å²) in [5.74, 6) is 0.751. The number of halogens is 1. The molecule has 1 aliphatic heterocycles. The van der Waals surface area contributed by atoms with Crippen LogP contribution in [-0.4, -0.2) is 29.5 Å². The number of rotatable bonds is 6. The lowest BCUT2D eigenvalue weighted by molar-refractivity contribution is 0.209. The zero-order valence-corrected chi connectivity index (χ0v) is 16.9. The van der Waals surface area contributed by atoms with Crippen molar-refractivity contribution in [3.05, 3.63) is 70.4 Å². The van der Waals surface area contributed by atoms with Gasteiger partial charge < -0.3 is 9.88 Å². The van der Waals surface area contributed by atoms with Crippen molar-refractivity contribution in [2.45, 2.75) is 44.9 Å². The van der Waals surface area contributed by atoms with Gasteiger partial charge in [0.15, 0.2) is 0 Å². The molecule has 4 rings (SSSR count). The Hall–Kier alpha value is -1.77. The van der Waals surface area contributed by atoms with Crippen LogP contribution in [0, 0.1) is 6.92 Å². The number of fused-ring (bicyclic) bond motifs is 1. The molecule has 1 aromatic heterocycles. The minimum absolute atomic E-state index is 0.751. The lowest BCUT2D eigenvalue weighted by atomic mass is 9.89. The molecule has 1 saturated heterocycles. The second-order valence-corrected chi connectivity index (χ2v) is 8.34. The highest BCUT2D eigenvalue weighted by atomic mass is 35.5. The molecule has 0 saturated carbocycles. The van der Waals surface area contributed by atoms with E-state index in [1.165, 1.54) is 73.0 Å². The first-order chi connectivity index (χ1) is 13.2. The van der Waals surface area contributed by atoms with Crippen molar-refractivity contribution in [2.24, 2.45) is 0 Å². The molecular formula is C24H29ClN2. The molecule has 1 N–H and O–H groups in total.